The number of methoxy groups -OCH3 is 1. The lowest BCUT2D eigenvalue weighted by atomic mass is 10.1. The van der Waals surface area contributed by atoms with Crippen LogP contribution in [0.4, 0.5) is 0 Å². The van der Waals surface area contributed by atoms with E-state index in [0.29, 0.717) is 34.9 Å². The molecule has 0 amide bonds. The van der Waals surface area contributed by atoms with Crippen molar-refractivity contribution in [2.45, 2.75) is 19.9 Å². The summed E-state index contributed by atoms with van der Waals surface area (Å²) in [6, 6.07) is 13.2. The average molecular weight is 461 g/mol. The van der Waals surface area contributed by atoms with Crippen molar-refractivity contribution >= 4 is 28.5 Å². The highest BCUT2D eigenvalue weighted by Gasteiger charge is 2.25. The van der Waals surface area contributed by atoms with E-state index < -0.39 is 5.97 Å². The molecule has 0 unspecified atom stereocenters. The number of hydrogen-bond acceptors (Lipinski definition) is 4. The van der Waals surface area contributed by atoms with Gasteiger partial charge in [0.2, 0.25) is 0 Å². The number of nitrogens with one attached hydrogen (secondary N) is 1. The van der Waals surface area contributed by atoms with Crippen LogP contribution in [0.3, 0.4) is 0 Å². The summed E-state index contributed by atoms with van der Waals surface area (Å²) in [4.78, 5) is 29.0. The smallest absolute Gasteiger partial charge is 0.341 e. The quantitative estimate of drug-likeness (QED) is 0.388. The summed E-state index contributed by atoms with van der Waals surface area (Å²) in [5.74, 6) is -0.539. The molecule has 0 spiro atoms. The van der Waals surface area contributed by atoms with Gasteiger partial charge in [-0.15, -0.1) is 0 Å². The summed E-state index contributed by atoms with van der Waals surface area (Å²) < 4.78 is 8.16. The summed E-state index contributed by atoms with van der Waals surface area (Å²) in [5, 5.41) is 6.21. The van der Waals surface area contributed by atoms with E-state index in [9.17, 15) is 9.59 Å². The van der Waals surface area contributed by atoms with E-state index in [-0.39, 0.29) is 11.1 Å². The van der Waals surface area contributed by atoms with Crippen molar-refractivity contribution in [3.63, 3.8) is 0 Å². The topological polar surface area (TPSA) is 81.9 Å². The van der Waals surface area contributed by atoms with Gasteiger partial charge < -0.3 is 14.3 Å². The largest absolute Gasteiger partial charge is 0.465 e. The van der Waals surface area contributed by atoms with E-state index in [1.807, 2.05) is 60.2 Å². The molecule has 3 heterocycles. The second-order valence-electron chi connectivity index (χ2n) is 7.92. The Labute approximate surface area is 194 Å². The van der Waals surface area contributed by atoms with Crippen LogP contribution in [0.1, 0.15) is 21.5 Å². The molecule has 8 heteroatoms. The number of aromatic nitrogens is 4. The van der Waals surface area contributed by atoms with Crippen LogP contribution in [0, 0.1) is 6.92 Å². The van der Waals surface area contributed by atoms with Crippen LogP contribution in [0.2, 0.25) is 5.02 Å². The van der Waals surface area contributed by atoms with Gasteiger partial charge in [0.25, 0.3) is 5.56 Å². The molecule has 5 rings (SSSR count). The molecule has 2 aliphatic rings. The summed E-state index contributed by atoms with van der Waals surface area (Å²) in [5.41, 5.74) is 4.35. The van der Waals surface area contributed by atoms with Crippen molar-refractivity contribution in [1.82, 2.24) is 19.3 Å². The first-order valence-electron chi connectivity index (χ1n) is 10.5. The number of halogens is 1. The van der Waals surface area contributed by atoms with Gasteiger partial charge in [-0.1, -0.05) is 29.8 Å². The fourth-order valence-electron chi connectivity index (χ4n) is 4.12. The first kappa shape index (κ1) is 21.0. The van der Waals surface area contributed by atoms with Crippen molar-refractivity contribution in [2.24, 2.45) is 0 Å². The summed E-state index contributed by atoms with van der Waals surface area (Å²) in [6.07, 6.45) is 6.06. The lowest BCUT2D eigenvalue weighted by Gasteiger charge is -2.11. The van der Waals surface area contributed by atoms with Crippen LogP contribution < -0.4 is 5.56 Å². The number of fused-ring (bicyclic) bond motifs is 2. The third-order valence-electron chi connectivity index (χ3n) is 5.84. The number of esters is 1. The van der Waals surface area contributed by atoms with Gasteiger partial charge in [-0.3, -0.25) is 4.79 Å². The van der Waals surface area contributed by atoms with E-state index in [1.54, 1.807) is 12.4 Å². The van der Waals surface area contributed by atoms with E-state index in [2.05, 4.69) is 10.1 Å². The number of carbonyl (C=O) groups excluding carboxylic acids is 1. The third-order valence-corrected chi connectivity index (χ3v) is 6.08. The van der Waals surface area contributed by atoms with Gasteiger partial charge in [-0.2, -0.15) is 9.78 Å². The van der Waals surface area contributed by atoms with Gasteiger partial charge in [0.15, 0.2) is 0 Å². The predicted octanol–water partition coefficient (Wildman–Crippen LogP) is 4.61. The fraction of sp³-hybridized carbons (Fsp3) is 0.160. The first-order valence-corrected chi connectivity index (χ1v) is 10.9. The minimum absolute atomic E-state index is 0.251. The zero-order valence-electron chi connectivity index (χ0n) is 18.1. The average Bonchev–Trinajstić information content (AvgIpc) is 3.37. The Balaban J connectivity index is 1.58. The first-order chi connectivity index (χ1) is 16.0. The number of carbonyl (C=O) groups is 1. The van der Waals surface area contributed by atoms with E-state index in [0.717, 1.165) is 22.0 Å². The van der Waals surface area contributed by atoms with Crippen molar-refractivity contribution < 1.29 is 9.53 Å². The molecule has 0 aliphatic carbocycles. The van der Waals surface area contributed by atoms with Crippen LogP contribution in [0.15, 0.2) is 65.8 Å². The molecular formula is C25H21ClN4O3. The second-order valence-corrected chi connectivity index (χ2v) is 8.36. The van der Waals surface area contributed by atoms with Gasteiger partial charge in [0.05, 0.1) is 18.4 Å². The summed E-state index contributed by atoms with van der Waals surface area (Å²) >= 11 is 6.17. The summed E-state index contributed by atoms with van der Waals surface area (Å²) in [6.45, 7) is 2.46. The number of ether oxygens (including phenoxy) is 1. The highest BCUT2D eigenvalue weighted by atomic mass is 35.5. The summed E-state index contributed by atoms with van der Waals surface area (Å²) in [7, 11) is 1.32. The highest BCUT2D eigenvalue weighted by molar-refractivity contribution is 6.31. The minimum Gasteiger partial charge on any atom is -0.465 e. The molecule has 0 saturated carbocycles. The number of nitrogens with zero attached hydrogens (tertiary/aromatic N) is 3. The molecule has 2 aliphatic heterocycles. The van der Waals surface area contributed by atoms with E-state index in [4.69, 9.17) is 16.3 Å². The van der Waals surface area contributed by atoms with Crippen molar-refractivity contribution in [3.05, 3.63) is 93.1 Å². The maximum Gasteiger partial charge on any atom is 0.341 e. The number of rotatable bonds is 5. The predicted molar refractivity (Wildman–Crippen MR) is 128 cm³/mol. The Morgan fingerprint density at radius 1 is 1.18 bits per heavy atom. The van der Waals surface area contributed by atoms with E-state index in [1.165, 1.54) is 11.8 Å². The van der Waals surface area contributed by atoms with Gasteiger partial charge >= 0.3 is 5.97 Å². The standard InChI is InChI=1S/C25H21ClN4O3/c1-15-5-3-4-6-22(15)30-24(31)19-13-29(14-20(23(19)28-30)25(32)33-2)10-9-16-12-27-21-8-7-17(26)11-18(16)21/h3-8,11-14,27H,9-10H2,1-2H3. The molecule has 0 atom stereocenters. The maximum absolute atomic E-state index is 13.3. The normalized spacial score (nSPS) is 11.4. The number of para-hydroxylation sites is 1. The Morgan fingerprint density at radius 3 is 2.79 bits per heavy atom. The molecular weight excluding hydrogens is 440 g/mol. The molecule has 166 valence electrons. The SMILES string of the molecule is COC(=O)c1cn(CCc2c[nH]c3ccc(Cl)cc23)cc2c(=O)n(-c3ccccc3C)nc1-2. The van der Waals surface area contributed by atoms with Gasteiger partial charge in [0.1, 0.15) is 11.3 Å². The zero-order chi connectivity index (χ0) is 23.1. The van der Waals surface area contributed by atoms with Gasteiger partial charge in [-0.05, 0) is 48.7 Å². The molecule has 0 radical (unpaired) electrons. The third kappa shape index (κ3) is 3.70. The van der Waals surface area contributed by atoms with Crippen LogP contribution in [-0.4, -0.2) is 32.4 Å². The molecule has 1 aromatic heterocycles. The molecule has 33 heavy (non-hydrogen) atoms. The molecule has 2 aromatic carbocycles. The number of hydrogen-bond donors (Lipinski definition) is 1. The van der Waals surface area contributed by atoms with Crippen molar-refractivity contribution in [3.8, 4) is 16.9 Å². The van der Waals surface area contributed by atoms with E-state index >= 15 is 0 Å². The maximum atomic E-state index is 13.3. The monoisotopic (exact) mass is 460 g/mol. The lowest BCUT2D eigenvalue weighted by molar-refractivity contribution is 0.0600. The Bertz CT molecular complexity index is 1530. The lowest BCUT2D eigenvalue weighted by Crippen LogP contribution is -2.16. The van der Waals surface area contributed by atoms with Crippen molar-refractivity contribution in [2.75, 3.05) is 7.11 Å². The Morgan fingerprint density at radius 2 is 2.00 bits per heavy atom. The number of aryl methyl sites for hydroxylation is 3. The molecule has 3 aromatic rings. The number of benzene rings is 2. The molecule has 0 fully saturated rings. The molecule has 7 nitrogen and oxygen atoms in total. The minimum atomic E-state index is -0.539. The number of H-pyrrole nitrogens is 1. The number of pyridine rings is 1. The van der Waals surface area contributed by atoms with Crippen molar-refractivity contribution in [1.29, 1.82) is 0 Å². The van der Waals surface area contributed by atoms with Crippen LogP contribution in [-0.2, 0) is 17.7 Å². The highest BCUT2D eigenvalue weighted by Crippen LogP contribution is 2.26. The zero-order valence-corrected chi connectivity index (χ0v) is 18.9. The number of aromatic amines is 1. The van der Waals surface area contributed by atoms with Crippen LogP contribution >= 0.6 is 11.6 Å². The molecule has 1 N–H and O–H groups in total. The van der Waals surface area contributed by atoms with Gasteiger partial charge in [-0.25, -0.2) is 4.79 Å². The fourth-order valence-corrected chi connectivity index (χ4v) is 4.29. The van der Waals surface area contributed by atoms with Crippen LogP contribution in [0.5, 0.6) is 0 Å². The Kier molecular flexibility index (Phi) is 5.26. The second kappa shape index (κ2) is 8.26. The molecule has 0 saturated heterocycles. The Hall–Kier alpha value is -3.84. The van der Waals surface area contributed by atoms with Gasteiger partial charge in [0, 0.05) is 41.1 Å². The van der Waals surface area contributed by atoms with Crippen LogP contribution in [0.25, 0.3) is 27.8 Å². The molecule has 0 bridgehead atoms.